The number of anilines is 1. The van der Waals surface area contributed by atoms with Crippen molar-refractivity contribution in [1.82, 2.24) is 15.0 Å². The molecule has 0 amide bonds. The fraction of sp³-hybridized carbons (Fsp3) is 0.529. The molecule has 0 saturated carbocycles. The summed E-state index contributed by atoms with van der Waals surface area (Å²) in [5, 5.41) is 3.18. The second-order valence-corrected chi connectivity index (χ2v) is 7.97. The number of aromatic nitrogens is 3. The van der Waals surface area contributed by atoms with Crippen LogP contribution in [0.5, 0.6) is 0 Å². The van der Waals surface area contributed by atoms with Gasteiger partial charge in [-0.15, -0.1) is 11.3 Å². The SMILES string of the molecule is Cc1nc([C@H]2CCCN2c2cnc(C(=O)OC(C)(C)C)cn2)cs1. The molecule has 1 saturated heterocycles. The summed E-state index contributed by atoms with van der Waals surface area (Å²) in [4.78, 5) is 27.5. The lowest BCUT2D eigenvalue weighted by atomic mass is 10.2. The highest BCUT2D eigenvalue weighted by atomic mass is 32.1. The molecule has 2 aromatic rings. The van der Waals surface area contributed by atoms with Gasteiger partial charge in [0.2, 0.25) is 0 Å². The van der Waals surface area contributed by atoms with Crippen molar-refractivity contribution in [3.8, 4) is 0 Å². The van der Waals surface area contributed by atoms with Gasteiger partial charge in [0, 0.05) is 11.9 Å². The van der Waals surface area contributed by atoms with E-state index in [2.05, 4.69) is 25.2 Å². The van der Waals surface area contributed by atoms with Gasteiger partial charge in [-0.25, -0.2) is 19.7 Å². The number of hydrogen-bond donors (Lipinski definition) is 0. The highest BCUT2D eigenvalue weighted by Gasteiger charge is 2.29. The minimum atomic E-state index is -0.542. The molecule has 0 aromatic carbocycles. The normalized spacial score (nSPS) is 18.0. The van der Waals surface area contributed by atoms with Crippen LogP contribution in [0.15, 0.2) is 17.8 Å². The molecule has 3 rings (SSSR count). The Morgan fingerprint density at radius 3 is 2.71 bits per heavy atom. The van der Waals surface area contributed by atoms with Gasteiger partial charge in [-0.2, -0.15) is 0 Å². The third-order valence-electron chi connectivity index (χ3n) is 3.77. The van der Waals surface area contributed by atoms with E-state index in [1.54, 1.807) is 17.5 Å². The Bertz CT molecular complexity index is 721. The van der Waals surface area contributed by atoms with Crippen molar-refractivity contribution in [2.24, 2.45) is 0 Å². The van der Waals surface area contributed by atoms with Crippen molar-refractivity contribution in [3.05, 3.63) is 34.2 Å². The van der Waals surface area contributed by atoms with Crippen LogP contribution in [-0.4, -0.2) is 33.1 Å². The van der Waals surface area contributed by atoms with Crippen molar-refractivity contribution in [2.75, 3.05) is 11.4 Å². The van der Waals surface area contributed by atoms with E-state index in [0.717, 1.165) is 35.9 Å². The number of carbonyl (C=O) groups excluding carboxylic acids is 1. The summed E-state index contributed by atoms with van der Waals surface area (Å²) in [5.74, 6) is 0.324. The fourth-order valence-electron chi connectivity index (χ4n) is 2.79. The summed E-state index contributed by atoms with van der Waals surface area (Å²) in [6.07, 6.45) is 5.29. The number of nitrogens with zero attached hydrogens (tertiary/aromatic N) is 4. The predicted molar refractivity (Wildman–Crippen MR) is 93.4 cm³/mol. The largest absolute Gasteiger partial charge is 0.455 e. The standard InChI is InChI=1S/C17H22N4O2S/c1-11-20-13(10-24-11)14-6-5-7-21(14)15-9-18-12(8-19-15)16(22)23-17(2,3)4/h8-10,14H,5-7H2,1-4H3/t14-/m1/s1. The maximum absolute atomic E-state index is 12.0. The van der Waals surface area contributed by atoms with Gasteiger partial charge in [-0.1, -0.05) is 0 Å². The monoisotopic (exact) mass is 346 g/mol. The lowest BCUT2D eigenvalue weighted by Gasteiger charge is -2.24. The quantitative estimate of drug-likeness (QED) is 0.792. The number of ether oxygens (including phenoxy) is 1. The van der Waals surface area contributed by atoms with E-state index >= 15 is 0 Å². The summed E-state index contributed by atoms with van der Waals surface area (Å²) < 4.78 is 5.32. The molecule has 1 atom stereocenters. The highest BCUT2D eigenvalue weighted by Crippen LogP contribution is 2.35. The number of esters is 1. The smallest absolute Gasteiger partial charge is 0.359 e. The van der Waals surface area contributed by atoms with Crippen LogP contribution >= 0.6 is 11.3 Å². The van der Waals surface area contributed by atoms with Gasteiger partial charge in [-0.3, -0.25) is 0 Å². The van der Waals surface area contributed by atoms with Crippen LogP contribution in [0.25, 0.3) is 0 Å². The Hall–Kier alpha value is -2.02. The fourth-order valence-corrected chi connectivity index (χ4v) is 3.45. The molecule has 0 spiro atoms. The zero-order valence-corrected chi connectivity index (χ0v) is 15.3. The van der Waals surface area contributed by atoms with E-state index in [1.807, 2.05) is 27.7 Å². The molecule has 0 bridgehead atoms. The number of hydrogen-bond acceptors (Lipinski definition) is 7. The average molecular weight is 346 g/mol. The van der Waals surface area contributed by atoms with Crippen LogP contribution in [0.3, 0.4) is 0 Å². The molecular weight excluding hydrogens is 324 g/mol. The summed E-state index contributed by atoms with van der Waals surface area (Å²) in [6.45, 7) is 8.43. The number of aryl methyl sites for hydroxylation is 1. The Labute approximate surface area is 145 Å². The Balaban J connectivity index is 1.76. The first-order chi connectivity index (χ1) is 11.3. The Morgan fingerprint density at radius 1 is 1.33 bits per heavy atom. The lowest BCUT2D eigenvalue weighted by Crippen LogP contribution is -2.26. The van der Waals surface area contributed by atoms with Crippen molar-refractivity contribution < 1.29 is 9.53 Å². The molecular formula is C17H22N4O2S. The number of thiazole rings is 1. The molecule has 0 N–H and O–H groups in total. The Kier molecular flexibility index (Phi) is 4.54. The molecule has 3 heterocycles. The average Bonchev–Trinajstić information content (AvgIpc) is 3.14. The van der Waals surface area contributed by atoms with Crippen molar-refractivity contribution in [2.45, 2.75) is 52.2 Å². The molecule has 6 nitrogen and oxygen atoms in total. The predicted octanol–water partition coefficient (Wildman–Crippen LogP) is 3.54. The van der Waals surface area contributed by atoms with E-state index in [-0.39, 0.29) is 11.7 Å². The summed E-state index contributed by atoms with van der Waals surface area (Å²) in [7, 11) is 0. The van der Waals surface area contributed by atoms with Gasteiger partial charge >= 0.3 is 5.97 Å². The van der Waals surface area contributed by atoms with Crippen molar-refractivity contribution >= 4 is 23.1 Å². The van der Waals surface area contributed by atoms with Gasteiger partial charge in [0.1, 0.15) is 11.4 Å². The van der Waals surface area contributed by atoms with E-state index in [4.69, 9.17) is 4.74 Å². The van der Waals surface area contributed by atoms with Crippen molar-refractivity contribution in [3.63, 3.8) is 0 Å². The number of rotatable bonds is 3. The van der Waals surface area contributed by atoms with Crippen LogP contribution in [0, 0.1) is 6.92 Å². The van der Waals surface area contributed by atoms with E-state index in [0.29, 0.717) is 0 Å². The minimum Gasteiger partial charge on any atom is -0.455 e. The molecule has 0 unspecified atom stereocenters. The van der Waals surface area contributed by atoms with Crippen LogP contribution in [0.4, 0.5) is 5.82 Å². The number of carbonyl (C=O) groups is 1. The molecule has 2 aromatic heterocycles. The third-order valence-corrected chi connectivity index (χ3v) is 4.56. The zero-order valence-electron chi connectivity index (χ0n) is 14.4. The Morgan fingerprint density at radius 2 is 2.12 bits per heavy atom. The molecule has 128 valence electrons. The first kappa shape index (κ1) is 16.8. The van der Waals surface area contributed by atoms with Crippen LogP contribution in [0.1, 0.15) is 60.8 Å². The first-order valence-corrected chi connectivity index (χ1v) is 8.95. The second kappa shape index (κ2) is 6.47. The second-order valence-electron chi connectivity index (χ2n) is 6.90. The van der Waals surface area contributed by atoms with Crippen molar-refractivity contribution in [1.29, 1.82) is 0 Å². The van der Waals surface area contributed by atoms with E-state index in [1.165, 1.54) is 6.20 Å². The minimum absolute atomic E-state index is 0.230. The summed E-state index contributed by atoms with van der Waals surface area (Å²) >= 11 is 1.67. The molecule has 0 radical (unpaired) electrons. The lowest BCUT2D eigenvalue weighted by molar-refractivity contribution is 0.00624. The highest BCUT2D eigenvalue weighted by molar-refractivity contribution is 7.09. The van der Waals surface area contributed by atoms with Gasteiger partial charge in [0.25, 0.3) is 0 Å². The summed E-state index contributed by atoms with van der Waals surface area (Å²) in [5.41, 5.74) is 0.780. The topological polar surface area (TPSA) is 68.2 Å². The molecule has 1 aliphatic rings. The first-order valence-electron chi connectivity index (χ1n) is 8.07. The van der Waals surface area contributed by atoms with E-state index < -0.39 is 11.6 Å². The maximum Gasteiger partial charge on any atom is 0.359 e. The van der Waals surface area contributed by atoms with E-state index in [9.17, 15) is 4.79 Å². The molecule has 1 fully saturated rings. The third kappa shape index (κ3) is 3.72. The molecule has 24 heavy (non-hydrogen) atoms. The molecule has 0 aliphatic carbocycles. The van der Waals surface area contributed by atoms with Crippen LogP contribution < -0.4 is 4.90 Å². The molecule has 7 heteroatoms. The zero-order chi connectivity index (χ0) is 17.3. The van der Waals surface area contributed by atoms with Gasteiger partial charge in [-0.05, 0) is 40.5 Å². The van der Waals surface area contributed by atoms with Crippen LogP contribution in [-0.2, 0) is 4.74 Å². The van der Waals surface area contributed by atoms with Gasteiger partial charge < -0.3 is 9.64 Å². The molecule has 1 aliphatic heterocycles. The maximum atomic E-state index is 12.0. The van der Waals surface area contributed by atoms with Gasteiger partial charge in [0.15, 0.2) is 5.69 Å². The van der Waals surface area contributed by atoms with Crippen LogP contribution in [0.2, 0.25) is 0 Å². The summed E-state index contributed by atoms with van der Waals surface area (Å²) in [6, 6.07) is 0.233. The van der Waals surface area contributed by atoms with Gasteiger partial charge in [0.05, 0.1) is 29.1 Å².